The van der Waals surface area contributed by atoms with E-state index in [1.807, 2.05) is 11.3 Å². The molecule has 0 radical (unpaired) electrons. The molecule has 0 saturated heterocycles. The molecule has 0 bridgehead atoms. The molecule has 1 heterocycles. The van der Waals surface area contributed by atoms with Gasteiger partial charge in [-0.3, -0.25) is 0 Å². The molecule has 1 aliphatic carbocycles. The van der Waals surface area contributed by atoms with Gasteiger partial charge in [-0.05, 0) is 52.4 Å². The summed E-state index contributed by atoms with van der Waals surface area (Å²) in [6, 6.07) is 1.17. The Kier molecular flexibility index (Phi) is 4.79. The van der Waals surface area contributed by atoms with Crippen LogP contribution in [-0.4, -0.2) is 11.0 Å². The van der Waals surface area contributed by atoms with E-state index >= 15 is 0 Å². The molecule has 2 rings (SSSR count). The number of hydrogen-bond donors (Lipinski definition) is 1. The molecule has 1 atom stereocenters. The van der Waals surface area contributed by atoms with Crippen LogP contribution in [0.5, 0.6) is 0 Å². The summed E-state index contributed by atoms with van der Waals surface area (Å²) in [5.74, 6) is 0.978. The summed E-state index contributed by atoms with van der Waals surface area (Å²) >= 11 is 1.84. The third-order valence-electron chi connectivity index (χ3n) is 4.24. The average Bonchev–Trinajstić information content (AvgIpc) is 2.69. The highest BCUT2D eigenvalue weighted by Gasteiger charge is 2.22. The van der Waals surface area contributed by atoms with Crippen molar-refractivity contribution in [3.63, 3.8) is 0 Å². The molecular formula is C15H26N2S. The first-order chi connectivity index (χ1) is 8.60. The highest BCUT2D eigenvalue weighted by atomic mass is 32.1. The summed E-state index contributed by atoms with van der Waals surface area (Å²) < 4.78 is 0. The van der Waals surface area contributed by atoms with Crippen LogP contribution in [0.1, 0.15) is 67.6 Å². The van der Waals surface area contributed by atoms with Crippen molar-refractivity contribution in [1.29, 1.82) is 0 Å². The fourth-order valence-electron chi connectivity index (χ4n) is 3.12. The molecular weight excluding hydrogens is 240 g/mol. The van der Waals surface area contributed by atoms with Gasteiger partial charge in [0.2, 0.25) is 0 Å². The highest BCUT2D eigenvalue weighted by molar-refractivity contribution is 7.11. The first-order valence-electron chi connectivity index (χ1n) is 7.30. The summed E-state index contributed by atoms with van der Waals surface area (Å²) in [6.07, 6.45) is 6.86. The lowest BCUT2D eigenvalue weighted by atomic mass is 9.84. The van der Waals surface area contributed by atoms with E-state index in [0.717, 1.165) is 5.92 Å². The second kappa shape index (κ2) is 6.16. The molecule has 1 saturated carbocycles. The maximum Gasteiger partial charge on any atom is 0.0900 e. The van der Waals surface area contributed by atoms with E-state index in [-0.39, 0.29) is 0 Å². The van der Waals surface area contributed by atoms with Gasteiger partial charge in [0.25, 0.3) is 0 Å². The minimum atomic E-state index is 0.458. The monoisotopic (exact) mass is 266 g/mol. The van der Waals surface area contributed by atoms with Gasteiger partial charge in [0.15, 0.2) is 0 Å². The molecule has 0 amide bonds. The Hall–Kier alpha value is -0.410. The van der Waals surface area contributed by atoms with Gasteiger partial charge in [-0.25, -0.2) is 4.98 Å². The molecule has 102 valence electrons. The predicted molar refractivity (Wildman–Crippen MR) is 79.2 cm³/mol. The van der Waals surface area contributed by atoms with Crippen molar-refractivity contribution in [2.45, 2.75) is 71.9 Å². The van der Waals surface area contributed by atoms with Gasteiger partial charge in [0, 0.05) is 17.0 Å². The zero-order chi connectivity index (χ0) is 13.1. The van der Waals surface area contributed by atoms with E-state index in [1.165, 1.54) is 47.7 Å². The highest BCUT2D eigenvalue weighted by Crippen LogP contribution is 2.30. The van der Waals surface area contributed by atoms with Crippen molar-refractivity contribution in [2.24, 2.45) is 5.92 Å². The van der Waals surface area contributed by atoms with Crippen LogP contribution in [0, 0.1) is 19.8 Å². The Bertz CT molecular complexity index is 378. The number of hydrogen-bond acceptors (Lipinski definition) is 3. The van der Waals surface area contributed by atoms with Crippen molar-refractivity contribution in [3.8, 4) is 0 Å². The van der Waals surface area contributed by atoms with Crippen LogP contribution in [0.2, 0.25) is 0 Å². The molecule has 0 aromatic carbocycles. The van der Waals surface area contributed by atoms with Gasteiger partial charge in [-0.15, -0.1) is 11.3 Å². The smallest absolute Gasteiger partial charge is 0.0900 e. The predicted octanol–water partition coefficient (Wildman–Crippen LogP) is 4.38. The molecule has 2 nitrogen and oxygen atoms in total. The van der Waals surface area contributed by atoms with Crippen LogP contribution >= 0.6 is 11.3 Å². The Morgan fingerprint density at radius 3 is 2.44 bits per heavy atom. The molecule has 3 heteroatoms. The van der Waals surface area contributed by atoms with E-state index in [1.54, 1.807) is 0 Å². The first kappa shape index (κ1) is 14.0. The number of aromatic nitrogens is 1. The molecule has 1 aliphatic rings. The zero-order valence-corrected chi connectivity index (χ0v) is 12.9. The fourth-order valence-corrected chi connectivity index (χ4v) is 4.05. The first-order valence-corrected chi connectivity index (χ1v) is 8.11. The van der Waals surface area contributed by atoms with Crippen molar-refractivity contribution in [1.82, 2.24) is 10.3 Å². The Labute approximate surface area is 115 Å². The van der Waals surface area contributed by atoms with Crippen LogP contribution in [-0.2, 0) is 0 Å². The third kappa shape index (κ3) is 3.33. The van der Waals surface area contributed by atoms with Crippen LogP contribution in [0.4, 0.5) is 0 Å². The maximum absolute atomic E-state index is 4.53. The standard InChI is InChI=1S/C15H26N2S/c1-5-13-6-8-14(9-7-13)17-11(3)15-10(2)16-12(4)18-15/h11,13-14,17H,5-9H2,1-4H3. The molecule has 1 fully saturated rings. The van der Waals surface area contributed by atoms with Crippen molar-refractivity contribution < 1.29 is 0 Å². The largest absolute Gasteiger partial charge is 0.307 e. The van der Waals surface area contributed by atoms with Crippen molar-refractivity contribution in [3.05, 3.63) is 15.6 Å². The van der Waals surface area contributed by atoms with E-state index in [9.17, 15) is 0 Å². The molecule has 1 N–H and O–H groups in total. The third-order valence-corrected chi connectivity index (χ3v) is 5.50. The molecule has 1 unspecified atom stereocenters. The van der Waals surface area contributed by atoms with Gasteiger partial charge in [-0.1, -0.05) is 13.3 Å². The number of rotatable bonds is 4. The fraction of sp³-hybridized carbons (Fsp3) is 0.800. The van der Waals surface area contributed by atoms with E-state index in [4.69, 9.17) is 0 Å². The Balaban J connectivity index is 1.88. The quantitative estimate of drug-likeness (QED) is 0.875. The molecule has 0 spiro atoms. The maximum atomic E-state index is 4.53. The lowest BCUT2D eigenvalue weighted by molar-refractivity contribution is 0.274. The molecule has 18 heavy (non-hydrogen) atoms. The second-order valence-corrected chi connectivity index (χ2v) is 6.93. The summed E-state index contributed by atoms with van der Waals surface area (Å²) in [5.41, 5.74) is 1.21. The summed E-state index contributed by atoms with van der Waals surface area (Å²) in [5, 5.41) is 4.99. The van der Waals surface area contributed by atoms with Crippen LogP contribution in [0.3, 0.4) is 0 Å². The van der Waals surface area contributed by atoms with Crippen molar-refractivity contribution >= 4 is 11.3 Å². The second-order valence-electron chi connectivity index (χ2n) is 5.70. The van der Waals surface area contributed by atoms with Gasteiger partial charge in [0.1, 0.15) is 0 Å². The molecule has 1 aromatic rings. The minimum Gasteiger partial charge on any atom is -0.307 e. The Morgan fingerprint density at radius 2 is 1.94 bits per heavy atom. The van der Waals surface area contributed by atoms with Crippen molar-refractivity contribution in [2.75, 3.05) is 0 Å². The normalized spacial score (nSPS) is 26.2. The summed E-state index contributed by atoms with van der Waals surface area (Å²) in [6.45, 7) is 8.84. The van der Waals surface area contributed by atoms with Gasteiger partial charge < -0.3 is 5.32 Å². The Morgan fingerprint density at radius 1 is 1.28 bits per heavy atom. The minimum absolute atomic E-state index is 0.458. The number of nitrogens with zero attached hydrogens (tertiary/aromatic N) is 1. The van der Waals surface area contributed by atoms with Gasteiger partial charge in [0.05, 0.1) is 10.7 Å². The van der Waals surface area contributed by atoms with Crippen LogP contribution in [0.25, 0.3) is 0 Å². The van der Waals surface area contributed by atoms with E-state index in [0.29, 0.717) is 12.1 Å². The van der Waals surface area contributed by atoms with Gasteiger partial charge in [-0.2, -0.15) is 0 Å². The topological polar surface area (TPSA) is 24.9 Å². The van der Waals surface area contributed by atoms with Crippen LogP contribution in [0.15, 0.2) is 0 Å². The zero-order valence-electron chi connectivity index (χ0n) is 12.1. The lowest BCUT2D eigenvalue weighted by Crippen LogP contribution is -2.34. The van der Waals surface area contributed by atoms with Crippen LogP contribution < -0.4 is 5.32 Å². The van der Waals surface area contributed by atoms with Gasteiger partial charge >= 0.3 is 0 Å². The molecule has 0 aliphatic heterocycles. The average molecular weight is 266 g/mol. The van der Waals surface area contributed by atoms with E-state index < -0.39 is 0 Å². The lowest BCUT2D eigenvalue weighted by Gasteiger charge is -2.30. The molecule has 1 aromatic heterocycles. The SMILES string of the molecule is CCC1CCC(NC(C)c2sc(C)nc2C)CC1. The number of nitrogens with one attached hydrogen (secondary N) is 1. The number of thiazole rings is 1. The summed E-state index contributed by atoms with van der Waals surface area (Å²) in [7, 11) is 0. The van der Waals surface area contributed by atoms with E-state index in [2.05, 4.69) is 38.0 Å². The summed E-state index contributed by atoms with van der Waals surface area (Å²) in [4.78, 5) is 5.95. The number of aryl methyl sites for hydroxylation is 2.